The largest absolute Gasteiger partial charge is 0.497 e. The van der Waals surface area contributed by atoms with Crippen molar-refractivity contribution in [2.75, 3.05) is 23.3 Å². The fourth-order valence-electron chi connectivity index (χ4n) is 2.32. The molecule has 0 aromatic heterocycles. The first-order valence-corrected chi connectivity index (χ1v) is 11.9. The van der Waals surface area contributed by atoms with Crippen molar-refractivity contribution >= 4 is 39.3 Å². The molecule has 162 valence electrons. The van der Waals surface area contributed by atoms with Crippen molar-refractivity contribution in [3.05, 3.63) is 54.1 Å². The Morgan fingerprint density at radius 2 is 1.80 bits per heavy atom. The highest BCUT2D eigenvalue weighted by Gasteiger charge is 2.17. The van der Waals surface area contributed by atoms with Crippen LogP contribution in [0, 0.1) is 0 Å². The number of amides is 2. The molecule has 3 N–H and O–H groups in total. The Hall–Kier alpha value is -2.72. The number of benzene rings is 2. The summed E-state index contributed by atoms with van der Waals surface area (Å²) in [4.78, 5) is 24.0. The van der Waals surface area contributed by atoms with Crippen LogP contribution in [0.25, 0.3) is 0 Å². The van der Waals surface area contributed by atoms with Crippen LogP contribution >= 0.6 is 11.8 Å². The van der Waals surface area contributed by atoms with Crippen LogP contribution in [-0.2, 0) is 14.8 Å². The number of carbonyl (C=O) groups excluding carboxylic acids is 2. The Bertz CT molecular complexity index is 963. The second kappa shape index (κ2) is 11.5. The first-order chi connectivity index (χ1) is 14.4. The smallest absolute Gasteiger partial charge is 0.269 e. The Kier molecular flexibility index (Phi) is 9.00. The van der Waals surface area contributed by atoms with Gasteiger partial charge in [0.05, 0.1) is 17.8 Å². The molecule has 0 saturated carbocycles. The number of nitrogens with one attached hydrogen (secondary N) is 3. The molecule has 0 fully saturated rings. The van der Waals surface area contributed by atoms with Crippen LogP contribution in [0.15, 0.2) is 53.4 Å². The van der Waals surface area contributed by atoms with E-state index in [-0.39, 0.29) is 22.1 Å². The third kappa shape index (κ3) is 7.27. The second-order valence-electron chi connectivity index (χ2n) is 6.27. The highest BCUT2D eigenvalue weighted by molar-refractivity contribution is 7.99. The van der Waals surface area contributed by atoms with E-state index in [1.807, 2.05) is 0 Å². The summed E-state index contributed by atoms with van der Waals surface area (Å²) < 4.78 is 32.7. The quantitative estimate of drug-likeness (QED) is 0.378. The van der Waals surface area contributed by atoms with Gasteiger partial charge in [-0.25, -0.2) is 8.42 Å². The number of methoxy groups -OCH3 is 1. The van der Waals surface area contributed by atoms with Gasteiger partial charge >= 0.3 is 0 Å². The van der Waals surface area contributed by atoms with Crippen LogP contribution in [0.4, 0.5) is 5.69 Å². The van der Waals surface area contributed by atoms with Gasteiger partial charge in [0, 0.05) is 11.3 Å². The molecule has 0 aliphatic carbocycles. The first kappa shape index (κ1) is 23.6. The number of rotatable bonds is 10. The summed E-state index contributed by atoms with van der Waals surface area (Å²) in [6.07, 6.45) is 2.08. The minimum Gasteiger partial charge on any atom is -0.497 e. The van der Waals surface area contributed by atoms with E-state index in [0.29, 0.717) is 11.4 Å². The van der Waals surface area contributed by atoms with E-state index >= 15 is 0 Å². The highest BCUT2D eigenvalue weighted by atomic mass is 32.2. The lowest BCUT2D eigenvalue weighted by Gasteiger charge is -2.11. The Balaban J connectivity index is 1.98. The molecule has 0 radical (unpaired) electrons. The van der Waals surface area contributed by atoms with Gasteiger partial charge < -0.3 is 4.74 Å². The molecule has 2 rings (SSSR count). The molecule has 0 aliphatic rings. The van der Waals surface area contributed by atoms with Crippen LogP contribution in [0.5, 0.6) is 5.75 Å². The maximum Gasteiger partial charge on any atom is 0.269 e. The van der Waals surface area contributed by atoms with Crippen LogP contribution in [0.1, 0.15) is 30.1 Å². The van der Waals surface area contributed by atoms with Gasteiger partial charge in [0.2, 0.25) is 5.91 Å². The maximum absolute atomic E-state index is 12.6. The van der Waals surface area contributed by atoms with Gasteiger partial charge in [-0.3, -0.25) is 25.2 Å². The molecule has 0 bridgehead atoms. The summed E-state index contributed by atoms with van der Waals surface area (Å²) in [5.41, 5.74) is 5.09. The van der Waals surface area contributed by atoms with Crippen molar-refractivity contribution in [2.24, 2.45) is 0 Å². The molecule has 0 spiro atoms. The molecule has 2 amide bonds. The Labute approximate surface area is 180 Å². The lowest BCUT2D eigenvalue weighted by molar-refractivity contribution is -0.119. The van der Waals surface area contributed by atoms with Gasteiger partial charge in [-0.2, -0.15) is 11.8 Å². The third-order valence-corrected chi connectivity index (χ3v) is 6.36. The topological polar surface area (TPSA) is 114 Å². The minimum absolute atomic E-state index is 0.0765. The second-order valence-corrected chi connectivity index (χ2v) is 9.06. The van der Waals surface area contributed by atoms with E-state index in [9.17, 15) is 18.0 Å². The van der Waals surface area contributed by atoms with Gasteiger partial charge in [-0.15, -0.1) is 0 Å². The lowest BCUT2D eigenvalue weighted by atomic mass is 10.2. The van der Waals surface area contributed by atoms with E-state index in [2.05, 4.69) is 22.5 Å². The SMILES string of the molecule is CCCCSCC(=O)NNC(=O)c1cccc(S(=O)(=O)Nc2ccc(OC)cc2)c1. The summed E-state index contributed by atoms with van der Waals surface area (Å²) in [5, 5.41) is 0. The molecule has 0 saturated heterocycles. The summed E-state index contributed by atoms with van der Waals surface area (Å²) >= 11 is 1.48. The van der Waals surface area contributed by atoms with Gasteiger partial charge in [-0.1, -0.05) is 19.4 Å². The number of hydrogen-bond donors (Lipinski definition) is 3. The number of thioether (sulfide) groups is 1. The molecule has 2 aromatic carbocycles. The van der Waals surface area contributed by atoms with Gasteiger partial charge in [0.15, 0.2) is 0 Å². The monoisotopic (exact) mass is 451 g/mol. The molecule has 0 aliphatic heterocycles. The molecular formula is C20H25N3O5S2. The van der Waals surface area contributed by atoms with Crippen molar-refractivity contribution in [3.8, 4) is 5.75 Å². The first-order valence-electron chi connectivity index (χ1n) is 9.29. The number of hydrazine groups is 1. The average Bonchev–Trinajstić information content (AvgIpc) is 2.75. The molecule has 0 atom stereocenters. The molecular weight excluding hydrogens is 426 g/mol. The zero-order chi connectivity index (χ0) is 22.0. The van der Waals surface area contributed by atoms with E-state index in [4.69, 9.17) is 4.74 Å². The van der Waals surface area contributed by atoms with Gasteiger partial charge in [-0.05, 0) is 54.6 Å². The van der Waals surface area contributed by atoms with E-state index < -0.39 is 15.9 Å². The van der Waals surface area contributed by atoms with Crippen LogP contribution in [0.2, 0.25) is 0 Å². The van der Waals surface area contributed by atoms with Crippen molar-refractivity contribution in [3.63, 3.8) is 0 Å². The van der Waals surface area contributed by atoms with E-state index in [1.165, 1.54) is 43.1 Å². The van der Waals surface area contributed by atoms with Crippen molar-refractivity contribution in [1.29, 1.82) is 0 Å². The normalized spacial score (nSPS) is 10.9. The molecule has 10 heteroatoms. The van der Waals surface area contributed by atoms with E-state index in [1.54, 1.807) is 24.3 Å². The van der Waals surface area contributed by atoms with Crippen molar-refractivity contribution < 1.29 is 22.7 Å². The minimum atomic E-state index is -3.90. The molecule has 30 heavy (non-hydrogen) atoms. The molecule has 2 aromatic rings. The Morgan fingerprint density at radius 1 is 1.07 bits per heavy atom. The van der Waals surface area contributed by atoms with E-state index in [0.717, 1.165) is 18.6 Å². The van der Waals surface area contributed by atoms with Crippen LogP contribution in [0.3, 0.4) is 0 Å². The number of sulfonamides is 1. The molecule has 0 heterocycles. The lowest BCUT2D eigenvalue weighted by Crippen LogP contribution is -2.42. The van der Waals surface area contributed by atoms with Crippen molar-refractivity contribution in [2.45, 2.75) is 24.7 Å². The standard InChI is InChI=1S/C20H25N3O5S2/c1-3-4-12-29-14-19(24)21-22-20(25)15-6-5-7-18(13-15)30(26,27)23-16-8-10-17(28-2)11-9-16/h5-11,13,23H,3-4,12,14H2,1-2H3,(H,21,24)(H,22,25). The number of anilines is 1. The van der Waals surface area contributed by atoms with Crippen molar-refractivity contribution in [1.82, 2.24) is 10.9 Å². The Morgan fingerprint density at radius 3 is 2.47 bits per heavy atom. The van der Waals surface area contributed by atoms with Crippen LogP contribution < -0.4 is 20.3 Å². The molecule has 8 nitrogen and oxygen atoms in total. The predicted octanol–water partition coefficient (Wildman–Crippen LogP) is 2.79. The predicted molar refractivity (Wildman–Crippen MR) is 118 cm³/mol. The maximum atomic E-state index is 12.6. The fourth-order valence-corrected chi connectivity index (χ4v) is 4.32. The zero-order valence-corrected chi connectivity index (χ0v) is 18.4. The molecule has 0 unspecified atom stereocenters. The summed E-state index contributed by atoms with van der Waals surface area (Å²) in [5.74, 6) is 0.777. The summed E-state index contributed by atoms with van der Waals surface area (Å²) in [6.45, 7) is 2.07. The van der Waals surface area contributed by atoms with Gasteiger partial charge in [0.25, 0.3) is 15.9 Å². The number of ether oxygens (including phenoxy) is 1. The zero-order valence-electron chi connectivity index (χ0n) is 16.8. The number of hydrogen-bond acceptors (Lipinski definition) is 6. The summed E-state index contributed by atoms with van der Waals surface area (Å²) in [7, 11) is -2.38. The average molecular weight is 452 g/mol. The summed E-state index contributed by atoms with van der Waals surface area (Å²) in [6, 6.07) is 11.9. The highest BCUT2D eigenvalue weighted by Crippen LogP contribution is 2.20. The fraction of sp³-hybridized carbons (Fsp3) is 0.300. The number of unbranched alkanes of at least 4 members (excludes halogenated alkanes) is 1. The number of carbonyl (C=O) groups is 2. The third-order valence-electron chi connectivity index (χ3n) is 3.94. The van der Waals surface area contributed by atoms with Gasteiger partial charge in [0.1, 0.15) is 5.75 Å². The van der Waals surface area contributed by atoms with Crippen LogP contribution in [-0.4, -0.2) is 38.8 Å².